The van der Waals surface area contributed by atoms with E-state index in [2.05, 4.69) is 15.8 Å². The number of carbonyl (C=O) groups excluding carboxylic acids is 1. The zero-order valence-electron chi connectivity index (χ0n) is 14.8. The Labute approximate surface area is 158 Å². The molecule has 1 unspecified atom stereocenters. The molecule has 9 heteroatoms. The molecule has 0 saturated carbocycles. The second-order valence-electron chi connectivity index (χ2n) is 6.45. The lowest BCUT2D eigenvalue weighted by Crippen LogP contribution is -2.39. The van der Waals surface area contributed by atoms with Gasteiger partial charge < -0.3 is 9.47 Å². The number of rotatable bonds is 6. The molecule has 142 valence electrons. The topological polar surface area (TPSA) is 108 Å². The summed E-state index contributed by atoms with van der Waals surface area (Å²) in [6, 6.07) is 8.21. The van der Waals surface area contributed by atoms with E-state index in [1.54, 1.807) is 40.3 Å². The summed E-state index contributed by atoms with van der Waals surface area (Å²) in [5.41, 5.74) is 0.311. The molecule has 1 aromatic heterocycles. The van der Waals surface area contributed by atoms with Gasteiger partial charge >= 0.3 is 0 Å². The Bertz CT molecular complexity index is 934. The van der Waals surface area contributed by atoms with E-state index in [4.69, 9.17) is 5.26 Å². The standard InChI is InChI=1S/C18H21N5O3S/c19-12-15-3-2-8-23(13-15)18(24)16-4-1-5-17(11-16)27(25,26)21-7-10-22-9-6-20-14-22/h1,4-6,9,11,14-15,21H,2-3,7-8,10,13H2. The minimum Gasteiger partial charge on any atom is -0.337 e. The maximum absolute atomic E-state index is 12.7. The van der Waals surface area contributed by atoms with Crippen LogP contribution in [0.4, 0.5) is 0 Å². The van der Waals surface area contributed by atoms with Crippen LogP contribution in [-0.2, 0) is 16.6 Å². The molecule has 0 radical (unpaired) electrons. The van der Waals surface area contributed by atoms with Gasteiger partial charge in [0.15, 0.2) is 0 Å². The Balaban J connectivity index is 1.68. The fourth-order valence-corrected chi connectivity index (χ4v) is 4.12. The van der Waals surface area contributed by atoms with Crippen LogP contribution < -0.4 is 4.72 Å². The summed E-state index contributed by atoms with van der Waals surface area (Å²) < 4.78 is 29.3. The second kappa shape index (κ2) is 8.33. The van der Waals surface area contributed by atoms with Gasteiger partial charge in [-0.05, 0) is 31.0 Å². The third kappa shape index (κ3) is 4.72. The van der Waals surface area contributed by atoms with E-state index >= 15 is 0 Å². The summed E-state index contributed by atoms with van der Waals surface area (Å²) >= 11 is 0. The molecule has 3 rings (SSSR count). The molecule has 1 fully saturated rings. The lowest BCUT2D eigenvalue weighted by atomic mass is 9.99. The predicted molar refractivity (Wildman–Crippen MR) is 98.1 cm³/mol. The molecule has 1 saturated heterocycles. The quantitative estimate of drug-likeness (QED) is 0.802. The number of carbonyl (C=O) groups is 1. The largest absolute Gasteiger partial charge is 0.337 e. The van der Waals surface area contributed by atoms with Crippen molar-refractivity contribution in [3.05, 3.63) is 48.5 Å². The molecule has 27 heavy (non-hydrogen) atoms. The molecule has 1 aliphatic rings. The number of piperidine rings is 1. The van der Waals surface area contributed by atoms with Gasteiger partial charge in [-0.15, -0.1) is 0 Å². The lowest BCUT2D eigenvalue weighted by Gasteiger charge is -2.29. The van der Waals surface area contributed by atoms with Gasteiger partial charge in [-0.25, -0.2) is 18.1 Å². The number of nitrogens with zero attached hydrogens (tertiary/aromatic N) is 4. The summed E-state index contributed by atoms with van der Waals surface area (Å²) in [6.45, 7) is 1.64. The minimum atomic E-state index is -3.72. The molecule has 8 nitrogen and oxygen atoms in total. The van der Waals surface area contributed by atoms with Crippen molar-refractivity contribution in [3.63, 3.8) is 0 Å². The first kappa shape index (κ1) is 19.1. The lowest BCUT2D eigenvalue weighted by molar-refractivity contribution is 0.0698. The predicted octanol–water partition coefficient (Wildman–Crippen LogP) is 1.24. The van der Waals surface area contributed by atoms with E-state index in [0.29, 0.717) is 25.2 Å². The molecule has 1 atom stereocenters. The molecular formula is C18H21N5O3S. The van der Waals surface area contributed by atoms with Gasteiger partial charge in [0.05, 0.1) is 23.2 Å². The first-order valence-electron chi connectivity index (χ1n) is 8.74. The molecule has 1 aromatic carbocycles. The SMILES string of the molecule is N#CC1CCCN(C(=O)c2cccc(S(=O)(=O)NCCn3ccnc3)c2)C1. The van der Waals surface area contributed by atoms with Gasteiger partial charge in [-0.3, -0.25) is 4.79 Å². The van der Waals surface area contributed by atoms with E-state index in [9.17, 15) is 13.2 Å². The number of nitriles is 1. The first-order valence-corrected chi connectivity index (χ1v) is 10.2. The van der Waals surface area contributed by atoms with Crippen molar-refractivity contribution >= 4 is 15.9 Å². The number of imidazole rings is 1. The van der Waals surface area contributed by atoms with Crippen LogP contribution in [0.3, 0.4) is 0 Å². The molecule has 1 amide bonds. The molecule has 1 N–H and O–H groups in total. The molecular weight excluding hydrogens is 366 g/mol. The number of hydrogen-bond donors (Lipinski definition) is 1. The highest BCUT2D eigenvalue weighted by Crippen LogP contribution is 2.19. The van der Waals surface area contributed by atoms with Crippen LogP contribution in [0.25, 0.3) is 0 Å². The van der Waals surface area contributed by atoms with Gasteiger partial charge in [0.2, 0.25) is 10.0 Å². The highest BCUT2D eigenvalue weighted by molar-refractivity contribution is 7.89. The average Bonchev–Trinajstić information content (AvgIpc) is 3.21. The number of sulfonamides is 1. The number of hydrogen-bond acceptors (Lipinski definition) is 5. The van der Waals surface area contributed by atoms with Crippen LogP contribution >= 0.6 is 0 Å². The third-order valence-electron chi connectivity index (χ3n) is 4.50. The number of likely N-dealkylation sites (tertiary alicyclic amines) is 1. The van der Waals surface area contributed by atoms with Crippen molar-refractivity contribution in [2.24, 2.45) is 5.92 Å². The summed E-state index contributed by atoms with van der Waals surface area (Å²) in [4.78, 5) is 18.3. The summed E-state index contributed by atoms with van der Waals surface area (Å²) in [6.07, 6.45) is 6.55. The van der Waals surface area contributed by atoms with Gasteiger partial charge in [0, 0.05) is 44.1 Å². The highest BCUT2D eigenvalue weighted by atomic mass is 32.2. The van der Waals surface area contributed by atoms with Crippen LogP contribution in [0, 0.1) is 17.2 Å². The Morgan fingerprint density at radius 1 is 1.41 bits per heavy atom. The number of nitrogens with one attached hydrogen (secondary N) is 1. The maximum Gasteiger partial charge on any atom is 0.253 e. The van der Waals surface area contributed by atoms with E-state index in [-0.39, 0.29) is 23.3 Å². The van der Waals surface area contributed by atoms with Crippen LogP contribution in [0.1, 0.15) is 23.2 Å². The Morgan fingerprint density at radius 3 is 3.00 bits per heavy atom. The molecule has 0 spiro atoms. The fourth-order valence-electron chi connectivity index (χ4n) is 3.06. The number of benzene rings is 1. The van der Waals surface area contributed by atoms with Gasteiger partial charge in [-0.2, -0.15) is 5.26 Å². The van der Waals surface area contributed by atoms with Crippen molar-refractivity contribution in [3.8, 4) is 6.07 Å². The van der Waals surface area contributed by atoms with Crippen molar-refractivity contribution in [1.29, 1.82) is 5.26 Å². The van der Waals surface area contributed by atoms with Gasteiger partial charge in [0.1, 0.15) is 0 Å². The highest BCUT2D eigenvalue weighted by Gasteiger charge is 2.25. The monoisotopic (exact) mass is 387 g/mol. The summed E-state index contributed by atoms with van der Waals surface area (Å²) in [5.74, 6) is -0.412. The number of amides is 1. The summed E-state index contributed by atoms with van der Waals surface area (Å²) in [7, 11) is -3.72. The zero-order chi connectivity index (χ0) is 19.3. The molecule has 0 bridgehead atoms. The van der Waals surface area contributed by atoms with Crippen molar-refractivity contribution in [1.82, 2.24) is 19.2 Å². The van der Waals surface area contributed by atoms with Gasteiger partial charge in [0.25, 0.3) is 5.91 Å². The average molecular weight is 387 g/mol. The first-order chi connectivity index (χ1) is 13.0. The van der Waals surface area contributed by atoms with Crippen LogP contribution in [-0.4, -0.2) is 48.4 Å². The summed E-state index contributed by atoms with van der Waals surface area (Å²) in [5, 5.41) is 9.08. The van der Waals surface area contributed by atoms with Gasteiger partial charge in [-0.1, -0.05) is 6.07 Å². The number of aromatic nitrogens is 2. The van der Waals surface area contributed by atoms with Crippen LogP contribution in [0.5, 0.6) is 0 Å². The zero-order valence-corrected chi connectivity index (χ0v) is 15.6. The van der Waals surface area contributed by atoms with Crippen molar-refractivity contribution in [2.75, 3.05) is 19.6 Å². The van der Waals surface area contributed by atoms with Crippen molar-refractivity contribution < 1.29 is 13.2 Å². The fraction of sp³-hybridized carbons (Fsp3) is 0.389. The Kier molecular flexibility index (Phi) is 5.88. The minimum absolute atomic E-state index is 0.0489. The van der Waals surface area contributed by atoms with E-state index in [0.717, 1.165) is 12.8 Å². The normalized spacial score (nSPS) is 17.4. The molecule has 0 aliphatic carbocycles. The van der Waals surface area contributed by atoms with Crippen LogP contribution in [0.2, 0.25) is 0 Å². The van der Waals surface area contributed by atoms with E-state index in [1.165, 1.54) is 12.1 Å². The van der Waals surface area contributed by atoms with E-state index in [1.807, 2.05) is 0 Å². The smallest absolute Gasteiger partial charge is 0.253 e. The molecule has 2 aromatic rings. The second-order valence-corrected chi connectivity index (χ2v) is 8.21. The Morgan fingerprint density at radius 2 is 2.26 bits per heavy atom. The van der Waals surface area contributed by atoms with E-state index < -0.39 is 10.0 Å². The third-order valence-corrected chi connectivity index (χ3v) is 5.96. The maximum atomic E-state index is 12.7. The van der Waals surface area contributed by atoms with Crippen molar-refractivity contribution in [2.45, 2.75) is 24.3 Å². The molecule has 1 aliphatic heterocycles. The molecule has 2 heterocycles. The Hall–Kier alpha value is -2.70. The van der Waals surface area contributed by atoms with Crippen LogP contribution in [0.15, 0.2) is 47.9 Å².